The van der Waals surface area contributed by atoms with Crippen molar-refractivity contribution in [3.05, 3.63) is 29.5 Å². The summed E-state index contributed by atoms with van der Waals surface area (Å²) < 4.78 is 32.2. The van der Waals surface area contributed by atoms with Crippen LogP contribution in [0.1, 0.15) is 23.0 Å². The van der Waals surface area contributed by atoms with E-state index in [-0.39, 0.29) is 12.4 Å². The first kappa shape index (κ1) is 14.4. The molecule has 20 heavy (non-hydrogen) atoms. The fourth-order valence-corrected chi connectivity index (χ4v) is 2.41. The van der Waals surface area contributed by atoms with E-state index in [1.54, 1.807) is 32.0 Å². The third-order valence-corrected chi connectivity index (χ3v) is 3.24. The number of hydrogen-bond donors (Lipinski definition) is 1. The molecule has 0 amide bonds. The molecule has 0 atom stereocenters. The number of benzene rings is 1. The van der Waals surface area contributed by atoms with Crippen molar-refractivity contribution < 1.29 is 22.1 Å². The van der Waals surface area contributed by atoms with Crippen LogP contribution in [-0.2, 0) is 14.9 Å². The normalized spacial score (nSPS) is 11.6. The molecule has 1 heterocycles. The molecule has 0 unspecified atom stereocenters. The standard InChI is InChI=1S/C13H15NO5S/c1-4-18-13(15)11-7-9-8(2)12(19-20(3,16)17)6-5-10(9)14-11/h5-7,14H,4H2,1-3H3. The Morgan fingerprint density at radius 1 is 1.35 bits per heavy atom. The summed E-state index contributed by atoms with van der Waals surface area (Å²) in [4.78, 5) is 14.6. The maximum absolute atomic E-state index is 11.7. The number of aryl methyl sites for hydroxylation is 1. The second kappa shape index (κ2) is 5.16. The fourth-order valence-electron chi connectivity index (χ4n) is 1.90. The molecule has 0 bridgehead atoms. The summed E-state index contributed by atoms with van der Waals surface area (Å²) in [7, 11) is -3.59. The minimum absolute atomic E-state index is 0.245. The van der Waals surface area contributed by atoms with Gasteiger partial charge in [0.05, 0.1) is 12.9 Å². The molecule has 1 aromatic carbocycles. The van der Waals surface area contributed by atoms with Gasteiger partial charge in [-0.3, -0.25) is 0 Å². The van der Waals surface area contributed by atoms with Gasteiger partial charge in [-0.05, 0) is 32.0 Å². The van der Waals surface area contributed by atoms with Crippen LogP contribution in [0.4, 0.5) is 0 Å². The van der Waals surface area contributed by atoms with Crippen LogP contribution in [0.3, 0.4) is 0 Å². The first-order valence-electron chi connectivity index (χ1n) is 6.00. The van der Waals surface area contributed by atoms with E-state index in [1.165, 1.54) is 0 Å². The van der Waals surface area contributed by atoms with Gasteiger partial charge >= 0.3 is 16.1 Å². The molecule has 0 saturated carbocycles. The molecule has 6 nitrogen and oxygen atoms in total. The molecule has 0 fully saturated rings. The number of H-pyrrole nitrogens is 1. The Hall–Kier alpha value is -2.02. The van der Waals surface area contributed by atoms with E-state index in [9.17, 15) is 13.2 Å². The maximum Gasteiger partial charge on any atom is 0.354 e. The van der Waals surface area contributed by atoms with Gasteiger partial charge in [0.1, 0.15) is 11.4 Å². The van der Waals surface area contributed by atoms with Crippen LogP contribution in [0, 0.1) is 6.92 Å². The van der Waals surface area contributed by atoms with Gasteiger partial charge in [0.15, 0.2) is 0 Å². The Bertz CT molecular complexity index is 760. The van der Waals surface area contributed by atoms with E-state index in [0.29, 0.717) is 22.2 Å². The van der Waals surface area contributed by atoms with Gasteiger partial charge < -0.3 is 13.9 Å². The average molecular weight is 297 g/mol. The number of nitrogens with one attached hydrogen (secondary N) is 1. The Morgan fingerprint density at radius 2 is 2.05 bits per heavy atom. The van der Waals surface area contributed by atoms with E-state index in [4.69, 9.17) is 8.92 Å². The maximum atomic E-state index is 11.7. The summed E-state index contributed by atoms with van der Waals surface area (Å²) in [6, 6.07) is 4.83. The van der Waals surface area contributed by atoms with Gasteiger partial charge in [-0.1, -0.05) is 0 Å². The van der Waals surface area contributed by atoms with Crippen molar-refractivity contribution in [3.8, 4) is 5.75 Å². The Morgan fingerprint density at radius 3 is 2.65 bits per heavy atom. The molecule has 7 heteroatoms. The monoisotopic (exact) mass is 297 g/mol. The van der Waals surface area contributed by atoms with Gasteiger partial charge in [0, 0.05) is 16.5 Å². The van der Waals surface area contributed by atoms with E-state index in [1.807, 2.05) is 0 Å². The number of ether oxygens (including phenoxy) is 1. The highest BCUT2D eigenvalue weighted by molar-refractivity contribution is 7.86. The number of carbonyl (C=O) groups excluding carboxylic acids is 1. The van der Waals surface area contributed by atoms with Gasteiger partial charge in [-0.25, -0.2) is 4.79 Å². The predicted octanol–water partition coefficient (Wildman–Crippen LogP) is 1.99. The van der Waals surface area contributed by atoms with Gasteiger partial charge in [0.25, 0.3) is 0 Å². The van der Waals surface area contributed by atoms with E-state index in [2.05, 4.69) is 4.98 Å². The number of aromatic nitrogens is 1. The second-order valence-corrected chi connectivity index (χ2v) is 5.92. The summed E-state index contributed by atoms with van der Waals surface area (Å²) in [6.07, 6.45) is 0.984. The van der Waals surface area contributed by atoms with Gasteiger partial charge in [-0.15, -0.1) is 0 Å². The van der Waals surface area contributed by atoms with Gasteiger partial charge in [-0.2, -0.15) is 8.42 Å². The van der Waals surface area contributed by atoms with Crippen LogP contribution >= 0.6 is 0 Å². The number of rotatable bonds is 4. The lowest BCUT2D eigenvalue weighted by Crippen LogP contribution is -2.06. The zero-order chi connectivity index (χ0) is 14.9. The third-order valence-electron chi connectivity index (χ3n) is 2.76. The molecule has 0 saturated heterocycles. The van der Waals surface area contributed by atoms with Crippen molar-refractivity contribution in [3.63, 3.8) is 0 Å². The summed E-state index contributed by atoms with van der Waals surface area (Å²) in [6.45, 7) is 3.74. The predicted molar refractivity (Wildman–Crippen MR) is 74.5 cm³/mol. The first-order valence-corrected chi connectivity index (χ1v) is 7.82. The summed E-state index contributed by atoms with van der Waals surface area (Å²) in [5.41, 5.74) is 1.67. The Balaban J connectivity index is 2.48. The molecule has 0 aliphatic rings. The Labute approximate surface area is 116 Å². The van der Waals surface area contributed by atoms with Crippen molar-refractivity contribution in [2.75, 3.05) is 12.9 Å². The lowest BCUT2D eigenvalue weighted by Gasteiger charge is -2.06. The quantitative estimate of drug-likeness (QED) is 0.689. The lowest BCUT2D eigenvalue weighted by molar-refractivity contribution is 0.0520. The van der Waals surface area contributed by atoms with Crippen LogP contribution in [0.25, 0.3) is 10.9 Å². The topological polar surface area (TPSA) is 85.5 Å². The SMILES string of the molecule is CCOC(=O)c1cc2c(C)c(OS(C)(=O)=O)ccc2[nH]1. The molecule has 2 rings (SSSR count). The summed E-state index contributed by atoms with van der Waals surface area (Å²) >= 11 is 0. The minimum atomic E-state index is -3.59. The van der Waals surface area contributed by atoms with Crippen LogP contribution in [0.5, 0.6) is 5.75 Å². The highest BCUT2D eigenvalue weighted by atomic mass is 32.2. The molecule has 0 radical (unpaired) electrons. The third kappa shape index (κ3) is 2.93. The van der Waals surface area contributed by atoms with Crippen molar-refractivity contribution in [2.24, 2.45) is 0 Å². The molecule has 108 valence electrons. The minimum Gasteiger partial charge on any atom is -0.461 e. The molecule has 0 aliphatic heterocycles. The van der Waals surface area contributed by atoms with Crippen molar-refractivity contribution >= 4 is 27.0 Å². The van der Waals surface area contributed by atoms with Gasteiger partial charge in [0.2, 0.25) is 0 Å². The molecule has 0 aliphatic carbocycles. The molecule has 2 aromatic rings. The molecular weight excluding hydrogens is 282 g/mol. The van der Waals surface area contributed by atoms with Crippen molar-refractivity contribution in [2.45, 2.75) is 13.8 Å². The number of hydrogen-bond acceptors (Lipinski definition) is 5. The first-order chi connectivity index (χ1) is 9.31. The highest BCUT2D eigenvalue weighted by Gasteiger charge is 2.15. The van der Waals surface area contributed by atoms with Crippen LogP contribution < -0.4 is 4.18 Å². The van der Waals surface area contributed by atoms with E-state index in [0.717, 1.165) is 6.26 Å². The van der Waals surface area contributed by atoms with E-state index < -0.39 is 16.1 Å². The Kier molecular flexibility index (Phi) is 3.71. The highest BCUT2D eigenvalue weighted by Crippen LogP contribution is 2.28. The smallest absolute Gasteiger partial charge is 0.354 e. The van der Waals surface area contributed by atoms with Crippen LogP contribution in [0.2, 0.25) is 0 Å². The number of fused-ring (bicyclic) bond motifs is 1. The molecule has 1 aromatic heterocycles. The largest absolute Gasteiger partial charge is 0.461 e. The average Bonchev–Trinajstić information content (AvgIpc) is 2.76. The van der Waals surface area contributed by atoms with Crippen LogP contribution in [-0.4, -0.2) is 32.2 Å². The fraction of sp³-hybridized carbons (Fsp3) is 0.308. The van der Waals surface area contributed by atoms with Crippen LogP contribution in [0.15, 0.2) is 18.2 Å². The van der Waals surface area contributed by atoms with Crippen molar-refractivity contribution in [1.82, 2.24) is 4.98 Å². The molecule has 1 N–H and O–H groups in total. The number of esters is 1. The molecular formula is C13H15NO5S. The lowest BCUT2D eigenvalue weighted by atomic mass is 10.1. The second-order valence-electron chi connectivity index (χ2n) is 4.34. The van der Waals surface area contributed by atoms with E-state index >= 15 is 0 Å². The number of aromatic amines is 1. The zero-order valence-corrected chi connectivity index (χ0v) is 12.2. The van der Waals surface area contributed by atoms with Crippen molar-refractivity contribution in [1.29, 1.82) is 0 Å². The zero-order valence-electron chi connectivity index (χ0n) is 11.4. The summed E-state index contributed by atoms with van der Waals surface area (Å²) in [5, 5.41) is 0.717. The summed E-state index contributed by atoms with van der Waals surface area (Å²) in [5.74, 6) is -0.205. The molecule has 0 spiro atoms. The number of carbonyl (C=O) groups is 1.